The molecule has 3 aromatic carbocycles. The Morgan fingerprint density at radius 3 is 2.51 bits per heavy atom. The van der Waals surface area contributed by atoms with Gasteiger partial charge in [0.2, 0.25) is 5.91 Å². The van der Waals surface area contributed by atoms with Crippen molar-refractivity contribution in [3.63, 3.8) is 0 Å². The Hall–Kier alpha value is -5.22. The summed E-state index contributed by atoms with van der Waals surface area (Å²) in [6.07, 6.45) is 7.13. The number of carbonyl (C=O) groups is 1. The number of imidazole rings is 1. The number of carbonyl (C=O) groups excluding carboxylic acids is 1. The summed E-state index contributed by atoms with van der Waals surface area (Å²) in [4.78, 5) is 37.2. The topological polar surface area (TPSA) is 120 Å². The van der Waals surface area contributed by atoms with Crippen molar-refractivity contribution in [3.05, 3.63) is 108 Å². The van der Waals surface area contributed by atoms with Crippen molar-refractivity contribution in [2.75, 3.05) is 24.6 Å². The number of nitrogen functional groups attached to an aromatic ring is 1. The number of para-hydroxylation sites is 1. The molecule has 10 heteroatoms. The van der Waals surface area contributed by atoms with E-state index in [2.05, 4.69) is 27.2 Å². The molecule has 10 nitrogen and oxygen atoms in total. The molecule has 0 bridgehead atoms. The molecule has 0 unspecified atom stereocenters. The average Bonchev–Trinajstić information content (AvgIpc) is 3.78. The van der Waals surface area contributed by atoms with Crippen molar-refractivity contribution in [1.29, 1.82) is 0 Å². The first-order valence-electron chi connectivity index (χ1n) is 13.3. The summed E-state index contributed by atoms with van der Waals surface area (Å²) < 4.78 is 8.83. The van der Waals surface area contributed by atoms with E-state index in [-0.39, 0.29) is 17.4 Å². The second-order valence-corrected chi connectivity index (χ2v) is 9.91. The van der Waals surface area contributed by atoms with Crippen LogP contribution in [0.5, 0.6) is 11.5 Å². The summed E-state index contributed by atoms with van der Waals surface area (Å²) in [5.74, 6) is 1.25. The van der Waals surface area contributed by atoms with Crippen molar-refractivity contribution in [3.8, 4) is 22.9 Å². The SMILES string of the molecule is CN(C/C=C/C(=O)Nc1cccc(-n2c(=O)n(-c3ccc(Oc4ccccc4)cc3)c3c(N)ncnc32)c1)C1CC1. The zero-order chi connectivity index (χ0) is 28.3. The molecule has 1 amide bonds. The van der Waals surface area contributed by atoms with Gasteiger partial charge in [-0.15, -0.1) is 0 Å². The van der Waals surface area contributed by atoms with Gasteiger partial charge in [0.1, 0.15) is 23.3 Å². The summed E-state index contributed by atoms with van der Waals surface area (Å²) in [7, 11) is 2.06. The molecule has 1 aliphatic carbocycles. The molecule has 2 heterocycles. The zero-order valence-corrected chi connectivity index (χ0v) is 22.5. The third-order valence-electron chi connectivity index (χ3n) is 6.93. The number of nitrogens with one attached hydrogen (secondary N) is 1. The highest BCUT2D eigenvalue weighted by molar-refractivity contribution is 5.99. The molecule has 1 saturated carbocycles. The Morgan fingerprint density at radius 1 is 1.00 bits per heavy atom. The number of ether oxygens (including phenoxy) is 1. The maximum atomic E-state index is 13.9. The highest BCUT2D eigenvalue weighted by atomic mass is 16.5. The predicted octanol–water partition coefficient (Wildman–Crippen LogP) is 4.53. The lowest BCUT2D eigenvalue weighted by molar-refractivity contribution is -0.111. The highest BCUT2D eigenvalue weighted by Gasteiger charge is 2.25. The molecule has 0 aliphatic heterocycles. The Morgan fingerprint density at radius 2 is 1.76 bits per heavy atom. The largest absolute Gasteiger partial charge is 0.457 e. The maximum absolute atomic E-state index is 13.9. The van der Waals surface area contributed by atoms with E-state index >= 15 is 0 Å². The van der Waals surface area contributed by atoms with Gasteiger partial charge in [-0.25, -0.2) is 19.3 Å². The molecule has 206 valence electrons. The quantitative estimate of drug-likeness (QED) is 0.260. The molecular formula is C31H29N7O3. The lowest BCUT2D eigenvalue weighted by atomic mass is 10.2. The van der Waals surface area contributed by atoms with Crippen molar-refractivity contribution in [2.24, 2.45) is 0 Å². The minimum absolute atomic E-state index is 0.168. The molecule has 0 radical (unpaired) electrons. The van der Waals surface area contributed by atoms with Crippen LogP contribution < -0.4 is 21.5 Å². The highest BCUT2D eigenvalue weighted by Crippen LogP contribution is 2.27. The predicted molar refractivity (Wildman–Crippen MR) is 159 cm³/mol. The van der Waals surface area contributed by atoms with Crippen molar-refractivity contribution >= 4 is 28.6 Å². The van der Waals surface area contributed by atoms with Crippen LogP contribution >= 0.6 is 0 Å². The van der Waals surface area contributed by atoms with Crippen LogP contribution in [-0.2, 0) is 4.79 Å². The van der Waals surface area contributed by atoms with E-state index in [4.69, 9.17) is 10.5 Å². The molecular weight excluding hydrogens is 518 g/mol. The lowest BCUT2D eigenvalue weighted by Gasteiger charge is -2.11. The van der Waals surface area contributed by atoms with Crippen LogP contribution in [0.4, 0.5) is 11.5 Å². The van der Waals surface area contributed by atoms with E-state index in [1.807, 2.05) is 36.4 Å². The number of aromatic nitrogens is 4. The number of nitrogens with zero attached hydrogens (tertiary/aromatic N) is 5. The Kier molecular flexibility index (Phi) is 7.05. The fourth-order valence-electron chi connectivity index (χ4n) is 4.70. The third-order valence-corrected chi connectivity index (χ3v) is 6.93. The van der Waals surface area contributed by atoms with E-state index in [1.165, 1.54) is 34.4 Å². The van der Waals surface area contributed by atoms with Crippen molar-refractivity contribution < 1.29 is 9.53 Å². The van der Waals surface area contributed by atoms with Crippen LogP contribution in [0.25, 0.3) is 22.5 Å². The van der Waals surface area contributed by atoms with E-state index in [0.717, 1.165) is 0 Å². The van der Waals surface area contributed by atoms with Crippen LogP contribution in [0.2, 0.25) is 0 Å². The van der Waals surface area contributed by atoms with Gasteiger partial charge in [-0.1, -0.05) is 30.3 Å². The second kappa shape index (κ2) is 11.1. The maximum Gasteiger partial charge on any atom is 0.339 e. The lowest BCUT2D eigenvalue weighted by Crippen LogP contribution is -2.22. The third kappa shape index (κ3) is 5.59. The first-order valence-corrected chi connectivity index (χ1v) is 13.3. The van der Waals surface area contributed by atoms with E-state index in [1.54, 1.807) is 48.5 Å². The summed E-state index contributed by atoms with van der Waals surface area (Å²) >= 11 is 0. The zero-order valence-electron chi connectivity index (χ0n) is 22.5. The standard InChI is InChI=1S/C31H29N7O3/c1-36(22-12-13-22)18-6-11-27(39)35-21-7-5-8-24(19-21)38-30-28(29(32)33-20-34-30)37(31(38)40)23-14-16-26(17-15-23)41-25-9-3-2-4-10-25/h2-11,14-17,19-20,22H,12-13,18H2,1H3,(H,35,39)(H2,32,33,34)/b11-6+. The van der Waals surface area contributed by atoms with E-state index in [9.17, 15) is 9.59 Å². The number of fused-ring (bicyclic) bond motifs is 1. The summed E-state index contributed by atoms with van der Waals surface area (Å²) in [5, 5.41) is 2.88. The minimum atomic E-state index is -0.379. The Balaban J connectivity index is 1.30. The van der Waals surface area contributed by atoms with Gasteiger partial charge in [-0.2, -0.15) is 0 Å². The number of benzene rings is 3. The summed E-state index contributed by atoms with van der Waals surface area (Å²) in [6.45, 7) is 0.716. The van der Waals surface area contributed by atoms with Gasteiger partial charge in [0.15, 0.2) is 11.5 Å². The minimum Gasteiger partial charge on any atom is -0.457 e. The van der Waals surface area contributed by atoms with Gasteiger partial charge in [-0.05, 0) is 74.5 Å². The van der Waals surface area contributed by atoms with Crippen LogP contribution in [0.3, 0.4) is 0 Å². The van der Waals surface area contributed by atoms with Gasteiger partial charge in [0.05, 0.1) is 11.4 Å². The molecule has 2 aromatic heterocycles. The molecule has 0 atom stereocenters. The Labute approximate surface area is 236 Å². The summed E-state index contributed by atoms with van der Waals surface area (Å²) in [6, 6.07) is 24.2. The number of hydrogen-bond acceptors (Lipinski definition) is 7. The fraction of sp³-hybridized carbons (Fsp3) is 0.161. The summed E-state index contributed by atoms with van der Waals surface area (Å²) in [5.41, 5.74) is 8.25. The second-order valence-electron chi connectivity index (χ2n) is 9.91. The molecule has 6 rings (SSSR count). The Bertz CT molecular complexity index is 1790. The van der Waals surface area contributed by atoms with Crippen LogP contribution in [-0.4, -0.2) is 49.5 Å². The van der Waals surface area contributed by atoms with Crippen LogP contribution in [0, 0.1) is 0 Å². The average molecular weight is 548 g/mol. The van der Waals surface area contributed by atoms with Crippen molar-refractivity contribution in [1.82, 2.24) is 24.0 Å². The number of likely N-dealkylation sites (N-methyl/N-ethyl adjacent to an activating group) is 1. The number of nitrogens with two attached hydrogens (primary N) is 1. The van der Waals surface area contributed by atoms with Gasteiger partial charge >= 0.3 is 5.69 Å². The van der Waals surface area contributed by atoms with Gasteiger partial charge in [0.25, 0.3) is 0 Å². The molecule has 1 fully saturated rings. The first kappa shape index (κ1) is 26.0. The molecule has 1 aliphatic rings. The number of amides is 1. The van der Waals surface area contributed by atoms with Crippen LogP contribution in [0.1, 0.15) is 12.8 Å². The molecule has 41 heavy (non-hydrogen) atoms. The smallest absolute Gasteiger partial charge is 0.339 e. The van der Waals surface area contributed by atoms with Gasteiger partial charge in [-0.3, -0.25) is 14.3 Å². The van der Waals surface area contributed by atoms with Gasteiger partial charge < -0.3 is 15.8 Å². The fourth-order valence-corrected chi connectivity index (χ4v) is 4.70. The molecule has 5 aromatic rings. The number of anilines is 2. The normalized spacial score (nSPS) is 13.2. The first-order chi connectivity index (χ1) is 20.0. The molecule has 0 spiro atoms. The number of rotatable bonds is 9. The van der Waals surface area contributed by atoms with E-state index < -0.39 is 0 Å². The molecule has 3 N–H and O–H groups in total. The molecule has 0 saturated heterocycles. The number of hydrogen-bond donors (Lipinski definition) is 2. The van der Waals surface area contributed by atoms with Gasteiger partial charge in [0, 0.05) is 24.4 Å². The van der Waals surface area contributed by atoms with Crippen LogP contribution in [0.15, 0.2) is 102 Å². The van der Waals surface area contributed by atoms with Crippen molar-refractivity contribution in [2.45, 2.75) is 18.9 Å². The monoisotopic (exact) mass is 547 g/mol. The van der Waals surface area contributed by atoms with E-state index in [0.29, 0.717) is 52.3 Å².